The summed E-state index contributed by atoms with van der Waals surface area (Å²) in [7, 11) is 0. The predicted octanol–water partition coefficient (Wildman–Crippen LogP) is 7.48. The maximum atomic E-state index is 14.5. The van der Waals surface area contributed by atoms with E-state index in [0.29, 0.717) is 23.1 Å². The van der Waals surface area contributed by atoms with Gasteiger partial charge in [-0.15, -0.1) is 0 Å². The van der Waals surface area contributed by atoms with Crippen LogP contribution >= 0.6 is 0 Å². The molecule has 1 saturated heterocycles. The number of ether oxygens (including phenoxy) is 1. The number of halogens is 3. The average molecular weight is 479 g/mol. The van der Waals surface area contributed by atoms with E-state index in [1.807, 2.05) is 0 Å². The van der Waals surface area contributed by atoms with Crippen molar-refractivity contribution in [2.75, 3.05) is 6.61 Å². The van der Waals surface area contributed by atoms with Crippen LogP contribution in [0.4, 0.5) is 13.2 Å². The molecule has 7 heteroatoms. The van der Waals surface area contributed by atoms with Crippen molar-refractivity contribution in [3.8, 4) is 5.75 Å². The van der Waals surface area contributed by atoms with Gasteiger partial charge < -0.3 is 4.74 Å². The van der Waals surface area contributed by atoms with Crippen LogP contribution < -0.4 is 10.2 Å². The summed E-state index contributed by atoms with van der Waals surface area (Å²) in [5.41, 5.74) is 1.56. The van der Waals surface area contributed by atoms with Gasteiger partial charge in [-0.1, -0.05) is 82.2 Å². The first-order valence-corrected chi connectivity index (χ1v) is 12.4. The molecule has 188 valence electrons. The fraction of sp³-hybridized carbons (Fsp3) is 0.593. The van der Waals surface area contributed by atoms with Crippen LogP contribution in [-0.4, -0.2) is 29.2 Å². The van der Waals surface area contributed by atoms with E-state index in [9.17, 15) is 18.0 Å². The van der Waals surface area contributed by atoms with Crippen LogP contribution in [-0.2, 0) is 4.79 Å². The van der Waals surface area contributed by atoms with Crippen molar-refractivity contribution in [2.45, 2.75) is 96.3 Å². The van der Waals surface area contributed by atoms with Crippen molar-refractivity contribution < 1.29 is 22.7 Å². The molecule has 0 unspecified atom stereocenters. The Balaban J connectivity index is 1.80. The number of fused-ring (bicyclic) bond motifs is 1. The number of rotatable bonds is 12. The van der Waals surface area contributed by atoms with Crippen molar-refractivity contribution >= 4 is 16.7 Å². The third-order valence-electron chi connectivity index (χ3n) is 6.51. The number of carbonyl (C=O) groups excluding carboxylic acids is 1. The van der Waals surface area contributed by atoms with Gasteiger partial charge in [-0.05, 0) is 37.3 Å². The number of hydrogen-bond donors (Lipinski definition) is 1. The Morgan fingerprint density at radius 3 is 2.21 bits per heavy atom. The number of nitrogens with one attached hydrogen (secondary N) is 1. The number of benzene rings is 2. The molecule has 2 aromatic carbocycles. The summed E-state index contributed by atoms with van der Waals surface area (Å²) < 4.78 is 49.4. The molecule has 0 aromatic heterocycles. The normalized spacial score (nSPS) is 17.2. The van der Waals surface area contributed by atoms with E-state index in [4.69, 9.17) is 4.74 Å². The number of hydrogen-bond acceptors (Lipinski definition) is 3. The molecular weight excluding hydrogens is 441 g/mol. The van der Waals surface area contributed by atoms with Crippen LogP contribution in [0.2, 0.25) is 0 Å². The average Bonchev–Trinajstić information content (AvgIpc) is 3.03. The standard InChI is InChI=1S/C27H37F3N2O2/c1-4-5-6-7-8-9-10-11-18-34-22-17-13-15-20-14-12-16-21(24(20)22)25(27(28,29)30)32-26(2,3)19-23(33)31-32/h12-17,25H,4-11,18-19H2,1-3H3,(H,31,33)/t25-/m0/s1. The number of unbranched alkanes of at least 4 members (excludes halogenated alkanes) is 7. The van der Waals surface area contributed by atoms with Gasteiger partial charge >= 0.3 is 6.18 Å². The van der Waals surface area contributed by atoms with E-state index >= 15 is 0 Å². The molecule has 1 atom stereocenters. The van der Waals surface area contributed by atoms with Crippen LogP contribution in [0, 0.1) is 0 Å². The summed E-state index contributed by atoms with van der Waals surface area (Å²) in [5, 5.41) is 2.19. The van der Waals surface area contributed by atoms with Gasteiger partial charge in [-0.2, -0.15) is 18.2 Å². The largest absolute Gasteiger partial charge is 0.493 e. The molecule has 0 aliphatic carbocycles. The lowest BCUT2D eigenvalue weighted by Gasteiger charge is -2.38. The first-order valence-electron chi connectivity index (χ1n) is 12.4. The lowest BCUT2D eigenvalue weighted by molar-refractivity contribution is -0.203. The smallest absolute Gasteiger partial charge is 0.409 e. The molecule has 1 heterocycles. The molecule has 2 aromatic rings. The Morgan fingerprint density at radius 1 is 1.00 bits per heavy atom. The predicted molar refractivity (Wildman–Crippen MR) is 130 cm³/mol. The number of amides is 1. The number of alkyl halides is 3. The SMILES string of the molecule is CCCCCCCCCCOc1cccc2cccc([C@H](N3NC(=O)CC3(C)C)C(F)(F)F)c12. The first kappa shape index (κ1) is 26.3. The minimum Gasteiger partial charge on any atom is -0.493 e. The van der Waals surface area contributed by atoms with Crippen LogP contribution in [0.1, 0.15) is 90.2 Å². The highest BCUT2D eigenvalue weighted by molar-refractivity contribution is 5.92. The number of hydrazine groups is 1. The lowest BCUT2D eigenvalue weighted by Crippen LogP contribution is -2.51. The van der Waals surface area contributed by atoms with Gasteiger partial charge in [0.05, 0.1) is 6.61 Å². The monoisotopic (exact) mass is 478 g/mol. The molecule has 0 spiro atoms. The summed E-state index contributed by atoms with van der Waals surface area (Å²) in [6.07, 6.45) is 4.73. The summed E-state index contributed by atoms with van der Waals surface area (Å²) in [6, 6.07) is 8.27. The molecule has 4 nitrogen and oxygen atoms in total. The second kappa shape index (κ2) is 11.4. The molecule has 1 fully saturated rings. The van der Waals surface area contributed by atoms with Gasteiger partial charge in [0.25, 0.3) is 0 Å². The van der Waals surface area contributed by atoms with E-state index < -0.39 is 23.7 Å². The molecule has 0 radical (unpaired) electrons. The maximum absolute atomic E-state index is 14.5. The minimum atomic E-state index is -4.59. The summed E-state index contributed by atoms with van der Waals surface area (Å²) in [4.78, 5) is 12.0. The van der Waals surface area contributed by atoms with Gasteiger partial charge in [0.15, 0.2) is 6.04 Å². The van der Waals surface area contributed by atoms with E-state index in [0.717, 1.165) is 24.3 Å². The summed E-state index contributed by atoms with van der Waals surface area (Å²) in [5.74, 6) is 0.0410. The molecular formula is C27H37F3N2O2. The second-order valence-electron chi connectivity index (χ2n) is 9.86. The fourth-order valence-electron chi connectivity index (χ4n) is 4.78. The van der Waals surface area contributed by atoms with Crippen molar-refractivity contribution in [3.63, 3.8) is 0 Å². The molecule has 1 aliphatic rings. The second-order valence-corrected chi connectivity index (χ2v) is 9.86. The Kier molecular flexibility index (Phi) is 8.85. The number of carbonyl (C=O) groups is 1. The van der Waals surface area contributed by atoms with Gasteiger partial charge in [0.1, 0.15) is 5.75 Å². The maximum Gasteiger partial charge on any atom is 0.409 e. The fourth-order valence-corrected chi connectivity index (χ4v) is 4.78. The van der Waals surface area contributed by atoms with Gasteiger partial charge in [-0.25, -0.2) is 0 Å². The number of nitrogens with zero attached hydrogens (tertiary/aromatic N) is 1. The van der Waals surface area contributed by atoms with Crippen LogP contribution in [0.3, 0.4) is 0 Å². The van der Waals surface area contributed by atoms with Crippen LogP contribution in [0.25, 0.3) is 10.8 Å². The van der Waals surface area contributed by atoms with Gasteiger partial charge in [0, 0.05) is 17.3 Å². The van der Waals surface area contributed by atoms with E-state index in [1.54, 1.807) is 44.2 Å². The molecule has 1 N–H and O–H groups in total. The third-order valence-corrected chi connectivity index (χ3v) is 6.51. The topological polar surface area (TPSA) is 41.6 Å². The molecule has 34 heavy (non-hydrogen) atoms. The molecule has 0 bridgehead atoms. The van der Waals surface area contributed by atoms with Gasteiger partial charge in [0.2, 0.25) is 5.91 Å². The molecule has 1 aliphatic heterocycles. The zero-order chi connectivity index (χ0) is 24.8. The van der Waals surface area contributed by atoms with Crippen LogP contribution in [0.5, 0.6) is 5.75 Å². The summed E-state index contributed by atoms with van der Waals surface area (Å²) >= 11 is 0. The molecule has 1 amide bonds. The highest BCUT2D eigenvalue weighted by atomic mass is 19.4. The van der Waals surface area contributed by atoms with E-state index in [2.05, 4.69) is 12.3 Å². The molecule has 3 rings (SSSR count). The lowest BCUT2D eigenvalue weighted by atomic mass is 9.93. The third kappa shape index (κ3) is 6.44. The Labute approximate surface area is 200 Å². The van der Waals surface area contributed by atoms with Crippen molar-refractivity contribution in [3.05, 3.63) is 42.0 Å². The van der Waals surface area contributed by atoms with E-state index in [1.165, 1.54) is 38.2 Å². The Morgan fingerprint density at radius 2 is 1.62 bits per heavy atom. The van der Waals surface area contributed by atoms with Crippen molar-refractivity contribution in [1.29, 1.82) is 0 Å². The van der Waals surface area contributed by atoms with Gasteiger partial charge in [-0.3, -0.25) is 10.2 Å². The molecule has 0 saturated carbocycles. The van der Waals surface area contributed by atoms with Crippen LogP contribution in [0.15, 0.2) is 36.4 Å². The van der Waals surface area contributed by atoms with Crippen molar-refractivity contribution in [1.82, 2.24) is 10.4 Å². The Bertz CT molecular complexity index is 953. The quantitative estimate of drug-likeness (QED) is 0.322. The van der Waals surface area contributed by atoms with Crippen molar-refractivity contribution in [2.24, 2.45) is 0 Å². The zero-order valence-electron chi connectivity index (χ0n) is 20.5. The Hall–Kier alpha value is -2.28. The highest BCUT2D eigenvalue weighted by Gasteiger charge is 2.53. The zero-order valence-corrected chi connectivity index (χ0v) is 20.5. The summed E-state index contributed by atoms with van der Waals surface area (Å²) in [6.45, 7) is 5.96. The van der Waals surface area contributed by atoms with E-state index in [-0.39, 0.29) is 12.0 Å². The first-order chi connectivity index (χ1) is 16.1. The highest BCUT2D eigenvalue weighted by Crippen LogP contribution is 2.46. The minimum absolute atomic E-state index is 0.00610.